The summed E-state index contributed by atoms with van der Waals surface area (Å²) in [4.78, 5) is 28.2. The predicted octanol–water partition coefficient (Wildman–Crippen LogP) is 3.83. The van der Waals surface area contributed by atoms with Crippen LogP contribution in [0.1, 0.15) is 26.3 Å². The fraction of sp³-hybridized carbons (Fsp3) is 0.286. The van der Waals surface area contributed by atoms with Gasteiger partial charge in [-0.15, -0.1) is 0 Å². The number of hydrogen-bond donors (Lipinski definition) is 1. The normalized spacial score (nSPS) is 12.0. The third kappa shape index (κ3) is 7.10. The number of para-hydroxylation sites is 1. The third-order valence-corrected chi connectivity index (χ3v) is 7.55. The number of amides is 2. The van der Waals surface area contributed by atoms with E-state index in [9.17, 15) is 18.0 Å². The van der Waals surface area contributed by atoms with E-state index in [1.165, 1.54) is 17.0 Å². The fourth-order valence-electron chi connectivity index (χ4n) is 3.76. The first-order valence-corrected chi connectivity index (χ1v) is 13.4. The topological polar surface area (TPSA) is 96.0 Å². The van der Waals surface area contributed by atoms with Gasteiger partial charge in [-0.3, -0.25) is 13.9 Å². The third-order valence-electron chi connectivity index (χ3n) is 5.76. The molecule has 0 aliphatic rings. The molecule has 0 fully saturated rings. The molecule has 196 valence electrons. The molecule has 37 heavy (non-hydrogen) atoms. The second-order valence-electron chi connectivity index (χ2n) is 8.87. The summed E-state index contributed by atoms with van der Waals surface area (Å²) in [6, 6.07) is 22.6. The van der Waals surface area contributed by atoms with E-state index in [4.69, 9.17) is 4.74 Å². The monoisotopic (exact) mass is 523 g/mol. The Hall–Kier alpha value is -3.85. The number of rotatable bonds is 11. The van der Waals surface area contributed by atoms with Crippen LogP contribution < -0.4 is 14.4 Å². The molecule has 1 atom stereocenters. The molecule has 0 saturated carbocycles. The number of hydrogen-bond acceptors (Lipinski definition) is 5. The molecule has 2 amide bonds. The Bertz CT molecular complexity index is 1280. The quantitative estimate of drug-likeness (QED) is 0.412. The molecule has 3 rings (SSSR count). The first kappa shape index (κ1) is 27.7. The molecule has 3 aromatic rings. The van der Waals surface area contributed by atoms with Gasteiger partial charge in [0.2, 0.25) is 11.8 Å². The standard InChI is InChI=1S/C28H33N3O5S/c1-21(2)29-28(33)22(3)30(19-23-15-17-25(36-4)18-16-23)27(32)20-31(24-11-7-5-8-12-24)37(34,35)26-13-9-6-10-14-26/h5-18,21-22H,19-20H2,1-4H3,(H,29,33). The second kappa shape index (κ2) is 12.4. The van der Waals surface area contributed by atoms with Gasteiger partial charge in [0.15, 0.2) is 0 Å². The van der Waals surface area contributed by atoms with Crippen LogP contribution in [0.5, 0.6) is 5.75 Å². The molecule has 0 aromatic heterocycles. The van der Waals surface area contributed by atoms with Gasteiger partial charge in [-0.1, -0.05) is 48.5 Å². The van der Waals surface area contributed by atoms with Crippen molar-refractivity contribution in [1.82, 2.24) is 10.2 Å². The molecule has 0 radical (unpaired) electrons. The van der Waals surface area contributed by atoms with Crippen LogP contribution >= 0.6 is 0 Å². The Labute approximate surface area is 218 Å². The van der Waals surface area contributed by atoms with Crippen molar-refractivity contribution in [3.63, 3.8) is 0 Å². The summed E-state index contributed by atoms with van der Waals surface area (Å²) in [7, 11) is -2.50. The zero-order valence-electron chi connectivity index (χ0n) is 21.5. The molecule has 0 spiro atoms. The minimum Gasteiger partial charge on any atom is -0.497 e. The van der Waals surface area contributed by atoms with E-state index < -0.39 is 28.5 Å². The van der Waals surface area contributed by atoms with Crippen LogP contribution in [0.2, 0.25) is 0 Å². The minimum atomic E-state index is -4.06. The molecule has 9 heteroatoms. The number of benzene rings is 3. The number of nitrogens with zero attached hydrogens (tertiary/aromatic N) is 2. The Kier molecular flexibility index (Phi) is 9.30. The summed E-state index contributed by atoms with van der Waals surface area (Å²) < 4.78 is 33.6. The van der Waals surface area contributed by atoms with E-state index in [1.807, 2.05) is 26.0 Å². The van der Waals surface area contributed by atoms with E-state index in [-0.39, 0.29) is 23.4 Å². The first-order valence-electron chi connectivity index (χ1n) is 12.0. The van der Waals surface area contributed by atoms with Gasteiger partial charge in [-0.05, 0) is 62.7 Å². The van der Waals surface area contributed by atoms with Crippen molar-refractivity contribution in [3.05, 3.63) is 90.5 Å². The van der Waals surface area contributed by atoms with E-state index in [1.54, 1.807) is 74.7 Å². The van der Waals surface area contributed by atoms with Crippen molar-refractivity contribution in [3.8, 4) is 5.75 Å². The summed E-state index contributed by atoms with van der Waals surface area (Å²) in [5.41, 5.74) is 1.12. The van der Waals surface area contributed by atoms with Crippen molar-refractivity contribution < 1.29 is 22.7 Å². The number of carbonyl (C=O) groups is 2. The maximum absolute atomic E-state index is 13.8. The lowest BCUT2D eigenvalue weighted by Gasteiger charge is -2.32. The van der Waals surface area contributed by atoms with Crippen LogP contribution in [-0.2, 0) is 26.2 Å². The number of sulfonamides is 1. The zero-order chi connectivity index (χ0) is 27.0. The SMILES string of the molecule is COc1ccc(CN(C(=O)CN(c2ccccc2)S(=O)(=O)c2ccccc2)C(C)C(=O)NC(C)C)cc1. The Morgan fingerprint density at radius 3 is 1.97 bits per heavy atom. The maximum atomic E-state index is 13.8. The summed E-state index contributed by atoms with van der Waals surface area (Å²) in [6.07, 6.45) is 0. The number of ether oxygens (including phenoxy) is 1. The smallest absolute Gasteiger partial charge is 0.264 e. The van der Waals surface area contributed by atoms with Crippen LogP contribution in [0, 0.1) is 0 Å². The first-order chi connectivity index (χ1) is 17.6. The van der Waals surface area contributed by atoms with Crippen LogP contribution in [0.4, 0.5) is 5.69 Å². The highest BCUT2D eigenvalue weighted by Gasteiger charge is 2.32. The predicted molar refractivity (Wildman–Crippen MR) is 144 cm³/mol. The van der Waals surface area contributed by atoms with Crippen LogP contribution in [0.3, 0.4) is 0 Å². The summed E-state index contributed by atoms with van der Waals surface area (Å²) in [5.74, 6) is -0.170. The largest absolute Gasteiger partial charge is 0.497 e. The van der Waals surface area contributed by atoms with Gasteiger partial charge in [0.05, 0.1) is 17.7 Å². The Balaban J connectivity index is 1.98. The molecular formula is C28H33N3O5S. The van der Waals surface area contributed by atoms with Crippen molar-refractivity contribution in [2.45, 2.75) is 44.3 Å². The van der Waals surface area contributed by atoms with Gasteiger partial charge >= 0.3 is 0 Å². The molecule has 0 aliphatic carbocycles. The average Bonchev–Trinajstić information content (AvgIpc) is 2.90. The van der Waals surface area contributed by atoms with E-state index in [2.05, 4.69) is 5.32 Å². The average molecular weight is 524 g/mol. The number of methoxy groups -OCH3 is 1. The molecule has 0 bridgehead atoms. The van der Waals surface area contributed by atoms with Crippen LogP contribution in [0.15, 0.2) is 89.8 Å². The lowest BCUT2D eigenvalue weighted by Crippen LogP contribution is -2.52. The van der Waals surface area contributed by atoms with Crippen molar-refractivity contribution >= 4 is 27.5 Å². The van der Waals surface area contributed by atoms with Crippen LogP contribution in [0.25, 0.3) is 0 Å². The summed E-state index contributed by atoms with van der Waals surface area (Å²) in [6.45, 7) is 4.95. The molecule has 0 saturated heterocycles. The highest BCUT2D eigenvalue weighted by Crippen LogP contribution is 2.24. The number of carbonyl (C=O) groups excluding carboxylic acids is 2. The van der Waals surface area contributed by atoms with E-state index in [0.29, 0.717) is 11.4 Å². The molecule has 0 heterocycles. The van der Waals surface area contributed by atoms with E-state index >= 15 is 0 Å². The molecule has 1 N–H and O–H groups in total. The van der Waals surface area contributed by atoms with Crippen molar-refractivity contribution in [1.29, 1.82) is 0 Å². The van der Waals surface area contributed by atoms with Gasteiger partial charge in [-0.25, -0.2) is 8.42 Å². The lowest BCUT2D eigenvalue weighted by atomic mass is 10.1. The molecule has 0 aliphatic heterocycles. The van der Waals surface area contributed by atoms with Gasteiger partial charge in [0.25, 0.3) is 10.0 Å². The number of nitrogens with one attached hydrogen (secondary N) is 1. The summed E-state index contributed by atoms with van der Waals surface area (Å²) >= 11 is 0. The van der Waals surface area contributed by atoms with E-state index in [0.717, 1.165) is 9.87 Å². The summed E-state index contributed by atoms with van der Waals surface area (Å²) in [5, 5.41) is 2.84. The zero-order valence-corrected chi connectivity index (χ0v) is 22.3. The van der Waals surface area contributed by atoms with Crippen molar-refractivity contribution in [2.75, 3.05) is 18.0 Å². The highest BCUT2D eigenvalue weighted by atomic mass is 32.2. The Morgan fingerprint density at radius 1 is 0.865 bits per heavy atom. The van der Waals surface area contributed by atoms with Gasteiger partial charge in [0, 0.05) is 12.6 Å². The molecule has 3 aromatic carbocycles. The van der Waals surface area contributed by atoms with Gasteiger partial charge < -0.3 is 15.0 Å². The van der Waals surface area contributed by atoms with Gasteiger partial charge in [-0.2, -0.15) is 0 Å². The maximum Gasteiger partial charge on any atom is 0.264 e. The Morgan fingerprint density at radius 2 is 1.43 bits per heavy atom. The second-order valence-corrected chi connectivity index (χ2v) is 10.7. The minimum absolute atomic E-state index is 0.0685. The van der Waals surface area contributed by atoms with Crippen molar-refractivity contribution in [2.24, 2.45) is 0 Å². The fourth-order valence-corrected chi connectivity index (χ4v) is 5.19. The highest BCUT2D eigenvalue weighted by molar-refractivity contribution is 7.92. The molecular weight excluding hydrogens is 490 g/mol. The van der Waals surface area contributed by atoms with Gasteiger partial charge in [0.1, 0.15) is 18.3 Å². The molecule has 1 unspecified atom stereocenters. The van der Waals surface area contributed by atoms with Crippen LogP contribution in [-0.4, -0.2) is 50.9 Å². The molecule has 8 nitrogen and oxygen atoms in total. The number of anilines is 1. The lowest BCUT2D eigenvalue weighted by molar-refractivity contribution is -0.139.